The highest BCUT2D eigenvalue weighted by Crippen LogP contribution is 2.38. The Balaban J connectivity index is 1.47. The average Bonchev–Trinajstić information content (AvgIpc) is 3.34. The molecule has 0 amide bonds. The molecule has 36 heavy (non-hydrogen) atoms. The lowest BCUT2D eigenvalue weighted by Crippen LogP contribution is -2.29. The zero-order chi connectivity index (χ0) is 25.2. The van der Waals surface area contributed by atoms with Crippen LogP contribution in [0.4, 0.5) is 23.1 Å². The van der Waals surface area contributed by atoms with Gasteiger partial charge in [-0.2, -0.15) is 4.98 Å². The lowest BCUT2D eigenvalue weighted by atomic mass is 9.86. The van der Waals surface area contributed by atoms with Crippen molar-refractivity contribution in [3.63, 3.8) is 0 Å². The minimum absolute atomic E-state index is 0.251. The summed E-state index contributed by atoms with van der Waals surface area (Å²) >= 11 is 1.65. The van der Waals surface area contributed by atoms with Crippen molar-refractivity contribution in [2.75, 3.05) is 51.2 Å². The second-order valence-corrected chi connectivity index (χ2v) is 12.9. The number of hydrogen-bond acceptors (Lipinski definition) is 7. The lowest BCUT2D eigenvalue weighted by Gasteiger charge is -2.30. The summed E-state index contributed by atoms with van der Waals surface area (Å²) < 4.78 is 6.87. The largest absolute Gasteiger partial charge is 0.495 e. The van der Waals surface area contributed by atoms with Gasteiger partial charge in [0.15, 0.2) is 5.82 Å². The molecule has 4 aromatic rings. The quantitative estimate of drug-likeness (QED) is 0.266. The third-order valence-electron chi connectivity index (χ3n) is 6.94. The van der Waals surface area contributed by atoms with Crippen molar-refractivity contribution in [3.05, 3.63) is 59.0 Å². The molecule has 1 aliphatic heterocycles. The topological polar surface area (TPSA) is 62.3 Å². The molecular weight excluding hydrogens is 485 g/mol. The first-order valence-corrected chi connectivity index (χ1v) is 15.5. The first-order valence-electron chi connectivity index (χ1n) is 12.4. The Morgan fingerprint density at radius 2 is 1.81 bits per heavy atom. The normalized spacial score (nSPS) is 14.9. The number of piperidine rings is 1. The van der Waals surface area contributed by atoms with Crippen molar-refractivity contribution in [2.45, 2.75) is 25.7 Å². The molecule has 1 aliphatic rings. The first kappa shape index (κ1) is 24.9. The van der Waals surface area contributed by atoms with Crippen LogP contribution < -0.4 is 20.7 Å². The van der Waals surface area contributed by atoms with Gasteiger partial charge in [-0.1, -0.05) is 26.1 Å². The third-order valence-corrected chi connectivity index (χ3v) is 9.20. The van der Waals surface area contributed by atoms with Crippen molar-refractivity contribution in [1.29, 1.82) is 0 Å². The van der Waals surface area contributed by atoms with Gasteiger partial charge in [0.1, 0.15) is 5.75 Å². The van der Waals surface area contributed by atoms with E-state index in [1.54, 1.807) is 18.4 Å². The summed E-state index contributed by atoms with van der Waals surface area (Å²) in [5, 5.41) is 10.5. The number of para-hydroxylation sites is 1. The predicted octanol–water partition coefficient (Wildman–Crippen LogP) is 6.67. The smallest absolute Gasteiger partial charge is 0.229 e. The molecule has 2 aromatic heterocycles. The molecule has 0 radical (unpaired) electrons. The Bertz CT molecular complexity index is 1360. The van der Waals surface area contributed by atoms with E-state index in [0.29, 0.717) is 11.9 Å². The number of aromatic nitrogens is 2. The van der Waals surface area contributed by atoms with Crippen LogP contribution in [0.5, 0.6) is 5.75 Å². The van der Waals surface area contributed by atoms with Gasteiger partial charge in [0, 0.05) is 5.69 Å². The molecule has 0 atom stereocenters. The fraction of sp³-hybridized carbons (Fsp3) is 0.357. The molecule has 188 valence electrons. The van der Waals surface area contributed by atoms with Crippen LogP contribution in [0, 0.1) is 6.92 Å². The third kappa shape index (κ3) is 5.19. The van der Waals surface area contributed by atoms with Crippen LogP contribution in [0.1, 0.15) is 29.9 Å². The zero-order valence-corrected chi connectivity index (χ0v) is 23.3. The van der Waals surface area contributed by atoms with E-state index in [2.05, 4.69) is 84.6 Å². The maximum absolute atomic E-state index is 5.83. The summed E-state index contributed by atoms with van der Waals surface area (Å²) in [5.74, 6) is 2.77. The molecule has 3 heterocycles. The van der Waals surface area contributed by atoms with E-state index in [-0.39, 0.29) is 7.92 Å². The Morgan fingerprint density at radius 1 is 1.03 bits per heavy atom. The number of likely N-dealkylation sites (tertiary alicyclic amines) is 1. The highest BCUT2D eigenvalue weighted by atomic mass is 32.1. The summed E-state index contributed by atoms with van der Waals surface area (Å²) in [5.41, 5.74) is 5.57. The maximum Gasteiger partial charge on any atom is 0.229 e. The van der Waals surface area contributed by atoms with Crippen molar-refractivity contribution in [1.82, 2.24) is 14.9 Å². The van der Waals surface area contributed by atoms with Gasteiger partial charge in [0.25, 0.3) is 0 Å². The molecule has 0 bridgehead atoms. The van der Waals surface area contributed by atoms with Crippen molar-refractivity contribution >= 4 is 57.9 Å². The van der Waals surface area contributed by atoms with Crippen LogP contribution in [0.3, 0.4) is 0 Å². The van der Waals surface area contributed by atoms with Crippen LogP contribution in [-0.4, -0.2) is 55.4 Å². The number of hydrogen-bond donors (Lipinski definition) is 2. The molecule has 2 aromatic carbocycles. The van der Waals surface area contributed by atoms with Crippen molar-refractivity contribution < 1.29 is 4.74 Å². The van der Waals surface area contributed by atoms with Crippen molar-refractivity contribution in [3.8, 4) is 5.75 Å². The molecule has 5 rings (SSSR count). The average molecular weight is 520 g/mol. The number of anilines is 4. The number of fused-ring (bicyclic) bond motifs is 1. The summed E-state index contributed by atoms with van der Waals surface area (Å²) in [6.45, 7) is 9.01. The van der Waals surface area contributed by atoms with Gasteiger partial charge >= 0.3 is 0 Å². The standard InChI is InChI=1S/C28H34N5OPS/c1-18-16-23(24(34-3)17-20(18)19-10-13-33(2)14-11-19)31-28-30-22-12-15-36-26(22)27(32-28)29-21-8-6-7-9-25(21)35(4)5/h6-9,12,15-17,19H,10-11,13-14H2,1-5H3,(H2,29,30,31,32). The van der Waals surface area contributed by atoms with Gasteiger partial charge in [-0.05, 0) is 105 Å². The maximum atomic E-state index is 5.83. The van der Waals surface area contributed by atoms with Crippen LogP contribution in [0.25, 0.3) is 10.2 Å². The number of thiophene rings is 1. The second kappa shape index (κ2) is 10.7. The zero-order valence-electron chi connectivity index (χ0n) is 21.6. The number of aryl methyl sites for hydroxylation is 1. The second-order valence-electron chi connectivity index (χ2n) is 9.68. The van der Waals surface area contributed by atoms with Gasteiger partial charge in [-0.15, -0.1) is 11.3 Å². The molecule has 0 saturated carbocycles. The molecule has 0 spiro atoms. The molecule has 2 N–H and O–H groups in total. The van der Waals surface area contributed by atoms with E-state index in [0.717, 1.165) is 46.2 Å². The molecule has 0 unspecified atom stereocenters. The van der Waals surface area contributed by atoms with E-state index in [4.69, 9.17) is 14.7 Å². The van der Waals surface area contributed by atoms with Gasteiger partial charge in [0.2, 0.25) is 5.95 Å². The van der Waals surface area contributed by atoms with Gasteiger partial charge in [0.05, 0.1) is 23.0 Å². The minimum Gasteiger partial charge on any atom is -0.495 e. The minimum atomic E-state index is -0.251. The number of rotatable bonds is 7. The van der Waals surface area contributed by atoms with Crippen molar-refractivity contribution in [2.24, 2.45) is 0 Å². The van der Waals surface area contributed by atoms with E-state index in [9.17, 15) is 0 Å². The number of benzene rings is 2. The highest BCUT2D eigenvalue weighted by Gasteiger charge is 2.22. The molecule has 1 saturated heterocycles. The number of ether oxygens (including phenoxy) is 1. The summed E-state index contributed by atoms with van der Waals surface area (Å²) in [6.07, 6.45) is 2.36. The fourth-order valence-corrected chi connectivity index (χ4v) is 6.72. The molecule has 8 heteroatoms. The Labute approximate surface area is 218 Å². The highest BCUT2D eigenvalue weighted by molar-refractivity contribution is 7.64. The predicted molar refractivity (Wildman–Crippen MR) is 156 cm³/mol. The van der Waals surface area contributed by atoms with Crippen LogP contribution in [0.15, 0.2) is 47.8 Å². The summed E-state index contributed by atoms with van der Waals surface area (Å²) in [6, 6.07) is 14.9. The monoisotopic (exact) mass is 519 g/mol. The van der Waals surface area contributed by atoms with Gasteiger partial charge in [-0.25, -0.2) is 4.98 Å². The van der Waals surface area contributed by atoms with Crippen LogP contribution in [-0.2, 0) is 0 Å². The molecule has 6 nitrogen and oxygen atoms in total. The number of nitrogens with zero attached hydrogens (tertiary/aromatic N) is 3. The Hall–Kier alpha value is -2.73. The van der Waals surface area contributed by atoms with E-state index in [1.165, 1.54) is 29.3 Å². The Morgan fingerprint density at radius 3 is 2.56 bits per heavy atom. The first-order chi connectivity index (χ1) is 17.4. The summed E-state index contributed by atoms with van der Waals surface area (Å²) in [7, 11) is 3.68. The number of nitrogens with one attached hydrogen (secondary N) is 2. The van der Waals surface area contributed by atoms with Crippen LogP contribution in [0.2, 0.25) is 0 Å². The molecule has 0 aliphatic carbocycles. The van der Waals surface area contributed by atoms with Gasteiger partial charge in [-0.3, -0.25) is 0 Å². The van der Waals surface area contributed by atoms with E-state index in [1.807, 2.05) is 6.07 Å². The Kier molecular flexibility index (Phi) is 7.42. The van der Waals surface area contributed by atoms with Crippen LogP contribution >= 0.6 is 19.3 Å². The van der Waals surface area contributed by atoms with Gasteiger partial charge < -0.3 is 20.3 Å². The van der Waals surface area contributed by atoms with E-state index >= 15 is 0 Å². The molecule has 1 fully saturated rings. The summed E-state index contributed by atoms with van der Waals surface area (Å²) in [4.78, 5) is 12.1. The number of methoxy groups -OCH3 is 1. The van der Waals surface area contributed by atoms with E-state index < -0.39 is 0 Å². The fourth-order valence-electron chi connectivity index (χ4n) is 4.95. The molecular formula is C28H34N5OPS. The lowest BCUT2D eigenvalue weighted by molar-refractivity contribution is 0.255. The SMILES string of the molecule is COc1cc(C2CCN(C)CC2)c(C)cc1Nc1nc(Nc2ccccc2P(C)C)c2sccc2n1.